The number of ether oxygens (including phenoxy) is 1. The second-order valence-electron chi connectivity index (χ2n) is 6.60. The molecule has 1 aromatic carbocycles. The summed E-state index contributed by atoms with van der Waals surface area (Å²) in [5, 5.41) is 9.53. The molecule has 1 heterocycles. The minimum absolute atomic E-state index is 0.0598. The van der Waals surface area contributed by atoms with Gasteiger partial charge in [0.1, 0.15) is 5.75 Å². The highest BCUT2D eigenvalue weighted by Gasteiger charge is 2.30. The molecule has 1 fully saturated rings. The lowest BCUT2D eigenvalue weighted by Crippen LogP contribution is -2.43. The maximum absolute atomic E-state index is 9.53. The first-order valence-corrected chi connectivity index (χ1v) is 7.60. The summed E-state index contributed by atoms with van der Waals surface area (Å²) in [5.41, 5.74) is 1.34. The Balaban J connectivity index is 1.99. The highest BCUT2D eigenvalue weighted by Crippen LogP contribution is 2.29. The van der Waals surface area contributed by atoms with E-state index in [4.69, 9.17) is 4.74 Å². The summed E-state index contributed by atoms with van der Waals surface area (Å²) in [6.07, 6.45) is 2.49. The van der Waals surface area contributed by atoms with Crippen LogP contribution >= 0.6 is 0 Å². The zero-order valence-electron chi connectivity index (χ0n) is 12.9. The van der Waals surface area contributed by atoms with Crippen molar-refractivity contribution in [1.82, 2.24) is 4.90 Å². The molecule has 1 saturated heterocycles. The average Bonchev–Trinajstić information content (AvgIpc) is 2.38. The van der Waals surface area contributed by atoms with E-state index in [0.29, 0.717) is 0 Å². The summed E-state index contributed by atoms with van der Waals surface area (Å²) in [6.45, 7) is 9.57. The van der Waals surface area contributed by atoms with Gasteiger partial charge in [-0.2, -0.15) is 0 Å². The Morgan fingerprint density at radius 3 is 2.90 bits per heavy atom. The van der Waals surface area contributed by atoms with Crippen LogP contribution in [0.1, 0.15) is 39.2 Å². The molecule has 1 atom stereocenters. The second kappa shape index (κ2) is 6.59. The standard InChI is InChI=1S/C17H27NO2/c1-14(2)20-16-7-4-6-15(10-16)11-18-9-5-8-17(3,12-18)13-19/h4,6-7,10,14,19H,5,8-9,11-13H2,1-3H3. The molecule has 3 heteroatoms. The van der Waals surface area contributed by atoms with E-state index in [2.05, 4.69) is 30.0 Å². The molecule has 0 aromatic heterocycles. The molecule has 0 radical (unpaired) electrons. The highest BCUT2D eigenvalue weighted by atomic mass is 16.5. The van der Waals surface area contributed by atoms with Crippen molar-refractivity contribution in [2.24, 2.45) is 5.41 Å². The Bertz CT molecular complexity index is 433. The molecule has 0 saturated carbocycles. The molecule has 20 heavy (non-hydrogen) atoms. The van der Waals surface area contributed by atoms with Gasteiger partial charge in [-0.1, -0.05) is 19.1 Å². The lowest BCUT2D eigenvalue weighted by atomic mass is 9.82. The van der Waals surface area contributed by atoms with Crippen LogP contribution in [0.4, 0.5) is 0 Å². The molecule has 1 aliphatic heterocycles. The SMILES string of the molecule is CC(C)Oc1cccc(CN2CCCC(C)(CO)C2)c1. The van der Waals surface area contributed by atoms with Gasteiger partial charge in [-0.25, -0.2) is 0 Å². The first kappa shape index (κ1) is 15.3. The minimum Gasteiger partial charge on any atom is -0.491 e. The van der Waals surface area contributed by atoms with Gasteiger partial charge in [-0.05, 0) is 50.9 Å². The van der Waals surface area contributed by atoms with E-state index < -0.39 is 0 Å². The fourth-order valence-electron chi connectivity index (χ4n) is 2.94. The summed E-state index contributed by atoms with van der Waals surface area (Å²) in [4.78, 5) is 2.44. The van der Waals surface area contributed by atoms with Gasteiger partial charge < -0.3 is 9.84 Å². The van der Waals surface area contributed by atoms with Gasteiger partial charge in [0, 0.05) is 25.1 Å². The lowest BCUT2D eigenvalue weighted by molar-refractivity contribution is 0.0429. The van der Waals surface area contributed by atoms with Gasteiger partial charge >= 0.3 is 0 Å². The van der Waals surface area contributed by atoms with Gasteiger partial charge in [-0.15, -0.1) is 0 Å². The Kier molecular flexibility index (Phi) is 5.06. The van der Waals surface area contributed by atoms with E-state index in [1.165, 1.54) is 12.0 Å². The lowest BCUT2D eigenvalue weighted by Gasteiger charge is -2.39. The summed E-state index contributed by atoms with van der Waals surface area (Å²) < 4.78 is 5.75. The molecule has 0 amide bonds. The van der Waals surface area contributed by atoms with Gasteiger partial charge in [0.15, 0.2) is 0 Å². The monoisotopic (exact) mass is 277 g/mol. The van der Waals surface area contributed by atoms with Crippen molar-refractivity contribution in [3.05, 3.63) is 29.8 Å². The van der Waals surface area contributed by atoms with Crippen LogP contribution in [-0.2, 0) is 6.54 Å². The number of piperidine rings is 1. The molecule has 112 valence electrons. The number of rotatable bonds is 5. The predicted molar refractivity (Wildman–Crippen MR) is 81.9 cm³/mol. The van der Waals surface area contributed by atoms with E-state index >= 15 is 0 Å². The molecule has 1 unspecified atom stereocenters. The summed E-state index contributed by atoms with van der Waals surface area (Å²) in [5.74, 6) is 0.944. The molecule has 0 bridgehead atoms. The van der Waals surface area contributed by atoms with Crippen LogP contribution in [0.5, 0.6) is 5.75 Å². The van der Waals surface area contributed by atoms with Crippen molar-refractivity contribution >= 4 is 0 Å². The van der Waals surface area contributed by atoms with Crippen LogP contribution in [0, 0.1) is 5.41 Å². The molecule has 1 N–H and O–H groups in total. The first-order chi connectivity index (χ1) is 9.50. The molecule has 2 rings (SSSR count). The van der Waals surface area contributed by atoms with Crippen molar-refractivity contribution in [3.8, 4) is 5.75 Å². The summed E-state index contributed by atoms with van der Waals surface area (Å²) >= 11 is 0. The maximum atomic E-state index is 9.53. The number of aliphatic hydroxyl groups excluding tert-OH is 1. The number of hydrogen-bond acceptors (Lipinski definition) is 3. The fraction of sp³-hybridized carbons (Fsp3) is 0.647. The van der Waals surface area contributed by atoms with Gasteiger partial charge in [0.2, 0.25) is 0 Å². The second-order valence-corrected chi connectivity index (χ2v) is 6.60. The van der Waals surface area contributed by atoms with E-state index in [1.807, 2.05) is 19.9 Å². The molecular formula is C17H27NO2. The topological polar surface area (TPSA) is 32.7 Å². The van der Waals surface area contributed by atoms with Crippen molar-refractivity contribution in [2.75, 3.05) is 19.7 Å². The number of benzene rings is 1. The van der Waals surface area contributed by atoms with Crippen LogP contribution < -0.4 is 4.74 Å². The van der Waals surface area contributed by atoms with Gasteiger partial charge in [0.25, 0.3) is 0 Å². The van der Waals surface area contributed by atoms with Crippen LogP contribution in [0.15, 0.2) is 24.3 Å². The normalized spacial score (nSPS) is 24.1. The van der Waals surface area contributed by atoms with E-state index in [1.54, 1.807) is 0 Å². The highest BCUT2D eigenvalue weighted by molar-refractivity contribution is 5.28. The number of likely N-dealkylation sites (tertiary alicyclic amines) is 1. The molecular weight excluding hydrogens is 250 g/mol. The molecule has 1 aliphatic rings. The molecule has 0 aliphatic carbocycles. The quantitative estimate of drug-likeness (QED) is 0.898. The van der Waals surface area contributed by atoms with Crippen molar-refractivity contribution in [1.29, 1.82) is 0 Å². The zero-order chi connectivity index (χ0) is 14.6. The van der Waals surface area contributed by atoms with Crippen molar-refractivity contribution in [3.63, 3.8) is 0 Å². The van der Waals surface area contributed by atoms with Crippen LogP contribution in [0.2, 0.25) is 0 Å². The van der Waals surface area contributed by atoms with Crippen LogP contribution in [0.25, 0.3) is 0 Å². The van der Waals surface area contributed by atoms with E-state index in [-0.39, 0.29) is 18.1 Å². The van der Waals surface area contributed by atoms with E-state index in [0.717, 1.165) is 31.8 Å². The Labute approximate surface area is 122 Å². The fourth-order valence-corrected chi connectivity index (χ4v) is 2.94. The third-order valence-electron chi connectivity index (χ3n) is 3.92. The smallest absolute Gasteiger partial charge is 0.120 e. The number of hydrogen-bond donors (Lipinski definition) is 1. The molecule has 3 nitrogen and oxygen atoms in total. The largest absolute Gasteiger partial charge is 0.491 e. The van der Waals surface area contributed by atoms with Gasteiger partial charge in [0.05, 0.1) is 6.10 Å². The predicted octanol–water partition coefficient (Wildman–Crippen LogP) is 3.07. The summed E-state index contributed by atoms with van der Waals surface area (Å²) in [6, 6.07) is 8.35. The maximum Gasteiger partial charge on any atom is 0.120 e. The van der Waals surface area contributed by atoms with Crippen LogP contribution in [-0.4, -0.2) is 35.8 Å². The third kappa shape index (κ3) is 4.22. The third-order valence-corrected chi connectivity index (χ3v) is 3.92. The van der Waals surface area contributed by atoms with E-state index in [9.17, 15) is 5.11 Å². The molecule has 0 spiro atoms. The Morgan fingerprint density at radius 1 is 1.40 bits per heavy atom. The Morgan fingerprint density at radius 2 is 2.20 bits per heavy atom. The van der Waals surface area contributed by atoms with Crippen molar-refractivity contribution in [2.45, 2.75) is 46.3 Å². The summed E-state index contributed by atoms with van der Waals surface area (Å²) in [7, 11) is 0. The van der Waals surface area contributed by atoms with Crippen LogP contribution in [0.3, 0.4) is 0 Å². The number of nitrogens with zero attached hydrogens (tertiary/aromatic N) is 1. The van der Waals surface area contributed by atoms with Gasteiger partial charge in [-0.3, -0.25) is 4.90 Å². The zero-order valence-corrected chi connectivity index (χ0v) is 12.9. The minimum atomic E-state index is 0.0598. The van der Waals surface area contributed by atoms with Crippen molar-refractivity contribution < 1.29 is 9.84 Å². The average molecular weight is 277 g/mol. The first-order valence-electron chi connectivity index (χ1n) is 7.60. The molecule has 1 aromatic rings. The Hall–Kier alpha value is -1.06. The number of aliphatic hydroxyl groups is 1.